The number of hydrogen-bond donors (Lipinski definition) is 0. The van der Waals surface area contributed by atoms with Gasteiger partial charge in [0.25, 0.3) is 5.91 Å². The minimum Gasteiger partial charge on any atom is -0.309 e. The monoisotopic (exact) mass is 268 g/mol. The van der Waals surface area contributed by atoms with Crippen molar-refractivity contribution < 1.29 is 9.18 Å². The second kappa shape index (κ2) is 5.54. The summed E-state index contributed by atoms with van der Waals surface area (Å²) in [6.45, 7) is 1.65. The van der Waals surface area contributed by atoms with Crippen LogP contribution in [-0.4, -0.2) is 13.0 Å². The Hall–Kier alpha value is -2.67. The van der Waals surface area contributed by atoms with Gasteiger partial charge in [0.1, 0.15) is 5.82 Å². The summed E-state index contributed by atoms with van der Waals surface area (Å²) in [6, 6.07) is 13.1. The van der Waals surface area contributed by atoms with Gasteiger partial charge in [0, 0.05) is 12.6 Å². The van der Waals surface area contributed by atoms with Crippen LogP contribution in [0.1, 0.15) is 21.5 Å². The summed E-state index contributed by atoms with van der Waals surface area (Å²) >= 11 is 0. The Bertz CT molecular complexity index is 687. The van der Waals surface area contributed by atoms with Crippen LogP contribution in [0, 0.1) is 24.1 Å². The van der Waals surface area contributed by atoms with Crippen molar-refractivity contribution >= 4 is 11.6 Å². The normalized spacial score (nSPS) is 9.90. The summed E-state index contributed by atoms with van der Waals surface area (Å²) in [5.41, 5.74) is 1.61. The third-order valence-corrected chi connectivity index (χ3v) is 3.10. The molecule has 0 atom stereocenters. The molecule has 2 aromatic rings. The van der Waals surface area contributed by atoms with Crippen molar-refractivity contribution in [2.45, 2.75) is 6.92 Å². The first kappa shape index (κ1) is 13.8. The Morgan fingerprint density at radius 2 is 1.85 bits per heavy atom. The number of nitrogens with zero attached hydrogens (tertiary/aromatic N) is 2. The number of carbonyl (C=O) groups is 1. The predicted molar refractivity (Wildman–Crippen MR) is 75.0 cm³/mol. The van der Waals surface area contributed by atoms with Crippen molar-refractivity contribution in [2.75, 3.05) is 11.9 Å². The lowest BCUT2D eigenvalue weighted by molar-refractivity contribution is 0.0992. The Balaban J connectivity index is 2.32. The van der Waals surface area contributed by atoms with Gasteiger partial charge in [0.05, 0.1) is 17.3 Å². The van der Waals surface area contributed by atoms with Gasteiger partial charge in [-0.3, -0.25) is 4.79 Å². The molecule has 0 aliphatic heterocycles. The third-order valence-electron chi connectivity index (χ3n) is 3.10. The summed E-state index contributed by atoms with van der Waals surface area (Å²) in [5.74, 6) is -0.726. The number of carbonyl (C=O) groups excluding carboxylic acids is 1. The van der Waals surface area contributed by atoms with Gasteiger partial charge < -0.3 is 4.90 Å². The molecule has 0 fully saturated rings. The minimum absolute atomic E-state index is 0.236. The Kier molecular flexibility index (Phi) is 3.81. The van der Waals surface area contributed by atoms with E-state index in [1.165, 1.54) is 11.9 Å². The summed E-state index contributed by atoms with van der Waals surface area (Å²) in [6.07, 6.45) is 0. The Labute approximate surface area is 116 Å². The van der Waals surface area contributed by atoms with E-state index in [4.69, 9.17) is 5.26 Å². The molecule has 20 heavy (non-hydrogen) atoms. The molecule has 0 aliphatic carbocycles. The zero-order valence-corrected chi connectivity index (χ0v) is 11.2. The highest BCUT2D eigenvalue weighted by Crippen LogP contribution is 2.22. The van der Waals surface area contributed by atoms with Crippen molar-refractivity contribution in [1.82, 2.24) is 0 Å². The SMILES string of the molecule is Cc1cccc(N(C)C(=O)c2ccc(C#N)cc2)c1F. The topological polar surface area (TPSA) is 44.1 Å². The molecule has 1 amide bonds. The molecule has 0 aromatic heterocycles. The van der Waals surface area contributed by atoms with Gasteiger partial charge >= 0.3 is 0 Å². The van der Waals surface area contributed by atoms with Crippen molar-refractivity contribution in [3.05, 3.63) is 65.0 Å². The molecule has 0 radical (unpaired) electrons. The van der Waals surface area contributed by atoms with Gasteiger partial charge in [-0.25, -0.2) is 4.39 Å². The standard InChI is InChI=1S/C16H13FN2O/c1-11-4-3-5-14(15(11)17)19(2)16(20)13-8-6-12(10-18)7-9-13/h3-9H,1-2H3. The quantitative estimate of drug-likeness (QED) is 0.839. The molecule has 0 saturated carbocycles. The van der Waals surface area contributed by atoms with Crippen molar-refractivity contribution in [3.63, 3.8) is 0 Å². The third kappa shape index (κ3) is 2.52. The lowest BCUT2D eigenvalue weighted by Crippen LogP contribution is -2.27. The molecule has 100 valence electrons. The van der Waals surface area contributed by atoms with Crippen molar-refractivity contribution in [1.29, 1.82) is 5.26 Å². The van der Waals surface area contributed by atoms with E-state index in [0.29, 0.717) is 16.7 Å². The molecule has 0 spiro atoms. The number of benzene rings is 2. The van der Waals surface area contributed by atoms with Crippen molar-refractivity contribution in [2.24, 2.45) is 0 Å². The molecule has 0 heterocycles. The second-order valence-electron chi connectivity index (χ2n) is 4.46. The van der Waals surface area contributed by atoms with E-state index in [-0.39, 0.29) is 11.6 Å². The highest BCUT2D eigenvalue weighted by molar-refractivity contribution is 6.05. The zero-order valence-electron chi connectivity index (χ0n) is 11.2. The van der Waals surface area contributed by atoms with Gasteiger partial charge in [-0.05, 0) is 42.8 Å². The van der Waals surface area contributed by atoms with E-state index in [9.17, 15) is 9.18 Å². The molecule has 2 aromatic carbocycles. The average molecular weight is 268 g/mol. The van der Waals surface area contributed by atoms with E-state index >= 15 is 0 Å². The largest absolute Gasteiger partial charge is 0.309 e. The second-order valence-corrected chi connectivity index (χ2v) is 4.46. The van der Waals surface area contributed by atoms with Crippen LogP contribution in [-0.2, 0) is 0 Å². The number of nitriles is 1. The molecule has 3 nitrogen and oxygen atoms in total. The first-order valence-electron chi connectivity index (χ1n) is 6.08. The summed E-state index contributed by atoms with van der Waals surface area (Å²) in [5, 5.41) is 8.73. The van der Waals surface area contributed by atoms with Crippen LogP contribution in [0.25, 0.3) is 0 Å². The fourth-order valence-corrected chi connectivity index (χ4v) is 1.88. The smallest absolute Gasteiger partial charge is 0.258 e. The molecule has 4 heteroatoms. The van der Waals surface area contributed by atoms with Gasteiger partial charge in [-0.2, -0.15) is 5.26 Å². The maximum absolute atomic E-state index is 14.0. The lowest BCUT2D eigenvalue weighted by atomic mass is 10.1. The molecular formula is C16H13FN2O. The lowest BCUT2D eigenvalue weighted by Gasteiger charge is -2.18. The van der Waals surface area contributed by atoms with Crippen molar-refractivity contribution in [3.8, 4) is 6.07 Å². The van der Waals surface area contributed by atoms with Gasteiger partial charge in [0.2, 0.25) is 0 Å². The van der Waals surface area contributed by atoms with E-state index < -0.39 is 5.82 Å². The number of rotatable bonds is 2. The van der Waals surface area contributed by atoms with Crippen LogP contribution in [0.2, 0.25) is 0 Å². The van der Waals surface area contributed by atoms with E-state index in [1.807, 2.05) is 6.07 Å². The van der Waals surface area contributed by atoms with Crippen LogP contribution >= 0.6 is 0 Å². The predicted octanol–water partition coefficient (Wildman–Crippen LogP) is 3.28. The molecule has 0 aliphatic rings. The molecule has 0 saturated heterocycles. The summed E-state index contributed by atoms with van der Waals surface area (Å²) < 4.78 is 14.0. The molecular weight excluding hydrogens is 255 g/mol. The zero-order chi connectivity index (χ0) is 14.7. The van der Waals surface area contributed by atoms with Gasteiger partial charge in [-0.15, -0.1) is 0 Å². The summed E-state index contributed by atoms with van der Waals surface area (Å²) in [7, 11) is 1.53. The van der Waals surface area contributed by atoms with Gasteiger partial charge in [-0.1, -0.05) is 12.1 Å². The van der Waals surface area contributed by atoms with Crippen LogP contribution in [0.3, 0.4) is 0 Å². The van der Waals surface area contributed by atoms with Crippen LogP contribution in [0.15, 0.2) is 42.5 Å². The maximum Gasteiger partial charge on any atom is 0.258 e. The number of aryl methyl sites for hydroxylation is 1. The fraction of sp³-hybridized carbons (Fsp3) is 0.125. The highest BCUT2D eigenvalue weighted by atomic mass is 19.1. The number of anilines is 1. The first-order chi connectivity index (χ1) is 9.54. The average Bonchev–Trinajstić information content (AvgIpc) is 2.48. The van der Waals surface area contributed by atoms with Gasteiger partial charge in [0.15, 0.2) is 0 Å². The van der Waals surface area contributed by atoms with Crippen LogP contribution in [0.4, 0.5) is 10.1 Å². The number of halogens is 1. The minimum atomic E-state index is -0.406. The summed E-state index contributed by atoms with van der Waals surface area (Å²) in [4.78, 5) is 13.6. The Morgan fingerprint density at radius 3 is 2.45 bits per heavy atom. The highest BCUT2D eigenvalue weighted by Gasteiger charge is 2.17. The molecule has 0 bridgehead atoms. The number of hydrogen-bond acceptors (Lipinski definition) is 2. The maximum atomic E-state index is 14.0. The van der Waals surface area contributed by atoms with E-state index in [0.717, 1.165) is 0 Å². The first-order valence-corrected chi connectivity index (χ1v) is 6.08. The van der Waals surface area contributed by atoms with E-state index in [1.54, 1.807) is 49.4 Å². The van der Waals surface area contributed by atoms with Crippen LogP contribution in [0.5, 0.6) is 0 Å². The Morgan fingerprint density at radius 1 is 1.20 bits per heavy atom. The molecule has 0 unspecified atom stereocenters. The van der Waals surface area contributed by atoms with E-state index in [2.05, 4.69) is 0 Å². The van der Waals surface area contributed by atoms with Crippen LogP contribution < -0.4 is 4.90 Å². The number of amides is 1. The molecule has 2 rings (SSSR count). The fourth-order valence-electron chi connectivity index (χ4n) is 1.88. The molecule has 0 N–H and O–H groups in total.